The number of rotatable bonds is 3. The third-order valence-electron chi connectivity index (χ3n) is 3.54. The van der Waals surface area contributed by atoms with Crippen LogP contribution in [-0.4, -0.2) is 25.4 Å². The van der Waals surface area contributed by atoms with E-state index in [9.17, 15) is 4.79 Å². The maximum Gasteiger partial charge on any atom is 0.227 e. The van der Waals surface area contributed by atoms with Crippen molar-refractivity contribution in [3.8, 4) is 5.82 Å². The summed E-state index contributed by atoms with van der Waals surface area (Å²) in [6.07, 6.45) is 2.14. The van der Waals surface area contributed by atoms with Gasteiger partial charge in [0.25, 0.3) is 0 Å². The second-order valence-electron chi connectivity index (χ2n) is 7.23. The summed E-state index contributed by atoms with van der Waals surface area (Å²) < 4.78 is 1.71. The molecule has 1 amide bonds. The van der Waals surface area contributed by atoms with Gasteiger partial charge in [-0.3, -0.25) is 10.1 Å². The van der Waals surface area contributed by atoms with Gasteiger partial charge in [0.1, 0.15) is 16.5 Å². The van der Waals surface area contributed by atoms with Crippen molar-refractivity contribution in [2.24, 2.45) is 5.41 Å². The zero-order valence-electron chi connectivity index (χ0n) is 14.7. The van der Waals surface area contributed by atoms with Crippen molar-refractivity contribution in [3.63, 3.8) is 0 Å². The van der Waals surface area contributed by atoms with Gasteiger partial charge < -0.3 is 0 Å². The highest BCUT2D eigenvalue weighted by Gasteiger charge is 2.20. The van der Waals surface area contributed by atoms with E-state index < -0.39 is 0 Å². The molecule has 6 nitrogen and oxygen atoms in total. The second-order valence-corrected chi connectivity index (χ2v) is 7.61. The predicted molar refractivity (Wildman–Crippen MR) is 99.1 cm³/mol. The van der Waals surface area contributed by atoms with E-state index in [1.807, 2.05) is 39.8 Å². The summed E-state index contributed by atoms with van der Waals surface area (Å²) in [6.45, 7) is 8.00. The molecule has 0 fully saturated rings. The van der Waals surface area contributed by atoms with Gasteiger partial charge in [-0.05, 0) is 36.1 Å². The molecule has 0 aromatic carbocycles. The zero-order valence-corrected chi connectivity index (χ0v) is 15.4. The number of hydrogen-bond donors (Lipinski definition) is 1. The summed E-state index contributed by atoms with van der Waals surface area (Å²) >= 11 is 6.05. The van der Waals surface area contributed by atoms with Gasteiger partial charge in [-0.15, -0.1) is 0 Å². The van der Waals surface area contributed by atoms with Crippen molar-refractivity contribution in [1.29, 1.82) is 0 Å². The Kier molecular flexibility index (Phi) is 4.47. The molecule has 0 atom stereocenters. The first-order valence-corrected chi connectivity index (χ1v) is 8.39. The van der Waals surface area contributed by atoms with Gasteiger partial charge in [-0.2, -0.15) is 0 Å². The highest BCUT2D eigenvalue weighted by Crippen LogP contribution is 2.25. The number of nitrogens with zero attached hydrogens (tertiary/aromatic N) is 4. The normalized spacial score (nSPS) is 11.7. The number of hydrogen-bond acceptors (Lipinski definition) is 4. The number of pyridine rings is 2. The molecule has 1 N–H and O–H groups in total. The first-order chi connectivity index (χ1) is 11.7. The van der Waals surface area contributed by atoms with E-state index in [1.165, 1.54) is 0 Å². The van der Waals surface area contributed by atoms with Crippen LogP contribution in [0.1, 0.15) is 32.8 Å². The summed E-state index contributed by atoms with van der Waals surface area (Å²) in [7, 11) is 0. The van der Waals surface area contributed by atoms with Gasteiger partial charge >= 0.3 is 0 Å². The minimum Gasteiger partial charge on any atom is -0.296 e. The molecule has 0 aliphatic carbocycles. The number of aromatic nitrogens is 4. The molecular formula is C18H20ClN5O. The monoisotopic (exact) mass is 357 g/mol. The maximum absolute atomic E-state index is 12.4. The first kappa shape index (κ1) is 17.4. The lowest BCUT2D eigenvalue weighted by Crippen LogP contribution is -2.21. The van der Waals surface area contributed by atoms with E-state index >= 15 is 0 Å². The molecule has 3 aromatic heterocycles. The SMILES string of the molecule is Cc1ccc(-n2c(NC(=O)CC(C)(C)C)nc3ccc(Cl)nc32)nc1. The maximum atomic E-state index is 12.4. The smallest absolute Gasteiger partial charge is 0.227 e. The van der Waals surface area contributed by atoms with Crippen LogP contribution >= 0.6 is 11.6 Å². The number of anilines is 1. The molecule has 0 spiro atoms. The summed E-state index contributed by atoms with van der Waals surface area (Å²) in [5.41, 5.74) is 2.11. The molecule has 25 heavy (non-hydrogen) atoms. The average Bonchev–Trinajstić information content (AvgIpc) is 2.83. The third-order valence-corrected chi connectivity index (χ3v) is 3.75. The number of aryl methyl sites for hydroxylation is 1. The predicted octanol–water partition coefficient (Wildman–Crippen LogP) is 4.15. The van der Waals surface area contributed by atoms with E-state index in [-0.39, 0.29) is 11.3 Å². The zero-order chi connectivity index (χ0) is 18.2. The second kappa shape index (κ2) is 6.44. The van der Waals surface area contributed by atoms with Crippen LogP contribution in [0.5, 0.6) is 0 Å². The Morgan fingerprint density at radius 3 is 2.60 bits per heavy atom. The Morgan fingerprint density at radius 1 is 1.20 bits per heavy atom. The van der Waals surface area contributed by atoms with Crippen molar-refractivity contribution >= 4 is 34.6 Å². The van der Waals surface area contributed by atoms with E-state index in [2.05, 4.69) is 20.3 Å². The van der Waals surface area contributed by atoms with Gasteiger partial charge in [0.2, 0.25) is 11.9 Å². The number of carbonyl (C=O) groups excluding carboxylic acids is 1. The van der Waals surface area contributed by atoms with Gasteiger partial charge in [-0.25, -0.2) is 19.5 Å². The number of carbonyl (C=O) groups is 1. The standard InChI is InChI=1S/C18H20ClN5O/c1-11-5-8-14(20-10-11)24-16-12(6-7-13(19)22-16)21-17(24)23-15(25)9-18(2,3)4/h5-8,10H,9H2,1-4H3,(H,21,23,25). The fraction of sp³-hybridized carbons (Fsp3) is 0.333. The average molecular weight is 358 g/mol. The molecule has 0 aliphatic heterocycles. The highest BCUT2D eigenvalue weighted by atomic mass is 35.5. The van der Waals surface area contributed by atoms with Crippen LogP contribution < -0.4 is 5.32 Å². The van der Waals surface area contributed by atoms with Gasteiger partial charge in [0, 0.05) is 12.6 Å². The van der Waals surface area contributed by atoms with Crippen molar-refractivity contribution in [1.82, 2.24) is 19.5 Å². The molecule has 0 radical (unpaired) electrons. The molecule has 0 saturated carbocycles. The van der Waals surface area contributed by atoms with E-state index in [0.29, 0.717) is 34.5 Å². The van der Waals surface area contributed by atoms with E-state index in [0.717, 1.165) is 5.56 Å². The summed E-state index contributed by atoms with van der Waals surface area (Å²) in [5, 5.41) is 3.23. The quantitative estimate of drug-likeness (QED) is 0.714. The molecule has 0 saturated heterocycles. The lowest BCUT2D eigenvalue weighted by Gasteiger charge is -2.17. The topological polar surface area (TPSA) is 72.7 Å². The molecule has 0 aliphatic rings. The van der Waals surface area contributed by atoms with Crippen LogP contribution in [0.25, 0.3) is 17.0 Å². The largest absolute Gasteiger partial charge is 0.296 e. The highest BCUT2D eigenvalue weighted by molar-refractivity contribution is 6.29. The fourth-order valence-corrected chi connectivity index (χ4v) is 2.62. The van der Waals surface area contributed by atoms with Crippen LogP contribution in [0.2, 0.25) is 5.15 Å². The van der Waals surface area contributed by atoms with Crippen molar-refractivity contribution < 1.29 is 4.79 Å². The van der Waals surface area contributed by atoms with Crippen LogP contribution in [0.3, 0.4) is 0 Å². The van der Waals surface area contributed by atoms with Crippen molar-refractivity contribution in [2.45, 2.75) is 34.1 Å². The fourth-order valence-electron chi connectivity index (χ4n) is 2.48. The Bertz CT molecular complexity index is 925. The van der Waals surface area contributed by atoms with Gasteiger partial charge in [0.05, 0.1) is 0 Å². The minimum absolute atomic E-state index is 0.109. The minimum atomic E-state index is -0.120. The van der Waals surface area contributed by atoms with Crippen LogP contribution in [-0.2, 0) is 4.79 Å². The number of fused-ring (bicyclic) bond motifs is 1. The van der Waals surface area contributed by atoms with Crippen LogP contribution in [0.15, 0.2) is 30.5 Å². The van der Waals surface area contributed by atoms with Crippen molar-refractivity contribution in [2.75, 3.05) is 5.32 Å². The Morgan fingerprint density at radius 2 is 1.96 bits per heavy atom. The number of imidazole rings is 1. The summed E-state index contributed by atoms with van der Waals surface area (Å²) in [5.74, 6) is 0.895. The molecule has 3 rings (SSSR count). The molecule has 3 aromatic rings. The molecule has 130 valence electrons. The number of nitrogens with one attached hydrogen (secondary N) is 1. The summed E-state index contributed by atoms with van der Waals surface area (Å²) in [6, 6.07) is 7.25. The lowest BCUT2D eigenvalue weighted by molar-refractivity contribution is -0.117. The Balaban J connectivity index is 2.09. The first-order valence-electron chi connectivity index (χ1n) is 8.01. The lowest BCUT2D eigenvalue weighted by atomic mass is 9.92. The number of halogens is 1. The van der Waals surface area contributed by atoms with Gasteiger partial charge in [0.15, 0.2) is 5.65 Å². The molecule has 0 bridgehead atoms. The van der Waals surface area contributed by atoms with E-state index in [1.54, 1.807) is 22.9 Å². The van der Waals surface area contributed by atoms with Crippen LogP contribution in [0.4, 0.5) is 5.95 Å². The Hall–Kier alpha value is -2.47. The molecule has 7 heteroatoms. The number of amides is 1. The van der Waals surface area contributed by atoms with E-state index in [4.69, 9.17) is 11.6 Å². The summed E-state index contributed by atoms with van der Waals surface area (Å²) in [4.78, 5) is 25.7. The molecule has 0 unspecified atom stereocenters. The molecular weight excluding hydrogens is 338 g/mol. The van der Waals surface area contributed by atoms with Crippen molar-refractivity contribution in [3.05, 3.63) is 41.2 Å². The Labute approximate surface area is 151 Å². The van der Waals surface area contributed by atoms with Crippen LogP contribution in [0, 0.1) is 12.3 Å². The third kappa shape index (κ3) is 3.96. The van der Waals surface area contributed by atoms with Gasteiger partial charge in [-0.1, -0.05) is 38.4 Å². The molecule has 3 heterocycles.